The fourth-order valence-corrected chi connectivity index (χ4v) is 1.60. The van der Waals surface area contributed by atoms with Gasteiger partial charge in [-0.3, -0.25) is 0 Å². The van der Waals surface area contributed by atoms with Gasteiger partial charge in [0.2, 0.25) is 0 Å². The number of rotatable bonds is 3. The number of nitrogens with two attached hydrogens (primary N) is 1. The quantitative estimate of drug-likeness (QED) is 0.772. The molecule has 1 aromatic carbocycles. The Morgan fingerprint density at radius 2 is 1.92 bits per heavy atom. The van der Waals surface area contributed by atoms with Crippen molar-refractivity contribution in [2.75, 3.05) is 0 Å². The summed E-state index contributed by atoms with van der Waals surface area (Å²) in [5, 5.41) is 1.31. The van der Waals surface area contributed by atoms with E-state index in [2.05, 4.69) is 6.58 Å². The summed E-state index contributed by atoms with van der Waals surface area (Å²) < 4.78 is 0. The van der Waals surface area contributed by atoms with Crippen LogP contribution in [0, 0.1) is 0 Å². The molecule has 1 unspecified atom stereocenters. The van der Waals surface area contributed by atoms with Crippen molar-refractivity contribution in [1.29, 1.82) is 0 Å². The normalized spacial score (nSPS) is 12.5. The molecule has 1 atom stereocenters. The van der Waals surface area contributed by atoms with Gasteiger partial charge in [-0.2, -0.15) is 0 Å². The first-order chi connectivity index (χ1) is 6.15. The minimum Gasteiger partial charge on any atom is -0.324 e. The van der Waals surface area contributed by atoms with Gasteiger partial charge in [0, 0.05) is 16.1 Å². The molecule has 0 aliphatic carbocycles. The minimum absolute atomic E-state index is 0.0996. The summed E-state index contributed by atoms with van der Waals surface area (Å²) in [6.45, 7) is 3.60. The van der Waals surface area contributed by atoms with Gasteiger partial charge in [-0.1, -0.05) is 35.3 Å². The topological polar surface area (TPSA) is 26.0 Å². The van der Waals surface area contributed by atoms with Gasteiger partial charge in [0.1, 0.15) is 0 Å². The van der Waals surface area contributed by atoms with Crippen LogP contribution in [0.2, 0.25) is 10.0 Å². The van der Waals surface area contributed by atoms with E-state index >= 15 is 0 Å². The summed E-state index contributed by atoms with van der Waals surface area (Å²) in [6.07, 6.45) is 2.31. The Labute approximate surface area is 88.1 Å². The summed E-state index contributed by atoms with van der Waals surface area (Å²) in [4.78, 5) is 0. The molecule has 0 aromatic heterocycles. The Bertz CT molecular complexity index is 290. The van der Waals surface area contributed by atoms with Crippen LogP contribution in [-0.2, 0) is 6.42 Å². The molecule has 0 spiro atoms. The Balaban J connectivity index is 2.93. The monoisotopic (exact) mass is 215 g/mol. The summed E-state index contributed by atoms with van der Waals surface area (Å²) in [5.41, 5.74) is 6.59. The molecule has 0 bridgehead atoms. The molecule has 1 nitrogen and oxygen atoms in total. The lowest BCUT2D eigenvalue weighted by atomic mass is 10.1. The Morgan fingerprint density at radius 3 is 2.38 bits per heavy atom. The van der Waals surface area contributed by atoms with Crippen LogP contribution in [-0.4, -0.2) is 6.04 Å². The average molecular weight is 216 g/mol. The second-order valence-electron chi connectivity index (χ2n) is 2.80. The average Bonchev–Trinajstić information content (AvgIpc) is 2.11. The van der Waals surface area contributed by atoms with Crippen LogP contribution in [0.5, 0.6) is 0 Å². The highest BCUT2D eigenvalue weighted by atomic mass is 35.5. The zero-order valence-corrected chi connectivity index (χ0v) is 8.65. The largest absolute Gasteiger partial charge is 0.324 e. The van der Waals surface area contributed by atoms with Crippen LogP contribution in [0.3, 0.4) is 0 Å². The molecular weight excluding hydrogens is 205 g/mol. The maximum absolute atomic E-state index is 5.96. The summed E-state index contributed by atoms with van der Waals surface area (Å²) in [5.74, 6) is 0. The predicted octanol–water partition coefficient (Wildman–Crippen LogP) is 3.05. The predicted molar refractivity (Wildman–Crippen MR) is 58.3 cm³/mol. The van der Waals surface area contributed by atoms with E-state index in [0.717, 1.165) is 5.56 Å². The minimum atomic E-state index is -0.0996. The first-order valence-electron chi connectivity index (χ1n) is 3.96. The molecule has 0 saturated heterocycles. The molecule has 0 amide bonds. The van der Waals surface area contributed by atoms with E-state index in [4.69, 9.17) is 28.9 Å². The van der Waals surface area contributed by atoms with Crippen molar-refractivity contribution in [3.05, 3.63) is 46.5 Å². The molecule has 0 aliphatic rings. The fourth-order valence-electron chi connectivity index (χ4n) is 1.05. The lowest BCUT2D eigenvalue weighted by molar-refractivity contribution is 0.812. The van der Waals surface area contributed by atoms with Crippen LogP contribution in [0.1, 0.15) is 5.56 Å². The van der Waals surface area contributed by atoms with E-state index in [-0.39, 0.29) is 6.04 Å². The molecular formula is C10H11Cl2N. The summed E-state index contributed by atoms with van der Waals surface area (Å²) in [6, 6.07) is 5.32. The van der Waals surface area contributed by atoms with E-state index in [1.165, 1.54) is 0 Å². The van der Waals surface area contributed by atoms with Gasteiger partial charge in [0.25, 0.3) is 0 Å². The standard InChI is InChI=1S/C10H11Cl2N/c1-2-7(13)6-8-9(11)4-3-5-10(8)12/h2-5,7H,1,6,13H2. The van der Waals surface area contributed by atoms with E-state index in [1.807, 2.05) is 6.07 Å². The third-order valence-electron chi connectivity index (χ3n) is 1.80. The van der Waals surface area contributed by atoms with Crippen molar-refractivity contribution in [1.82, 2.24) is 0 Å². The Kier molecular flexibility index (Phi) is 3.79. The number of halogens is 2. The maximum atomic E-state index is 5.96. The first kappa shape index (κ1) is 10.6. The SMILES string of the molecule is C=CC(N)Cc1c(Cl)cccc1Cl. The van der Waals surface area contributed by atoms with E-state index < -0.39 is 0 Å². The molecule has 0 radical (unpaired) electrons. The highest BCUT2D eigenvalue weighted by Crippen LogP contribution is 2.25. The van der Waals surface area contributed by atoms with Gasteiger partial charge in [-0.15, -0.1) is 6.58 Å². The van der Waals surface area contributed by atoms with Crippen molar-refractivity contribution >= 4 is 23.2 Å². The van der Waals surface area contributed by atoms with Crippen LogP contribution in [0.25, 0.3) is 0 Å². The zero-order chi connectivity index (χ0) is 9.84. The molecule has 13 heavy (non-hydrogen) atoms. The molecule has 0 saturated carbocycles. The number of hydrogen-bond donors (Lipinski definition) is 1. The van der Waals surface area contributed by atoms with Crippen molar-refractivity contribution in [2.24, 2.45) is 5.73 Å². The Hall–Kier alpha value is -0.500. The van der Waals surface area contributed by atoms with Crippen LogP contribution in [0.4, 0.5) is 0 Å². The molecule has 70 valence electrons. The van der Waals surface area contributed by atoms with Crippen molar-refractivity contribution in [3.8, 4) is 0 Å². The van der Waals surface area contributed by atoms with Crippen LogP contribution >= 0.6 is 23.2 Å². The van der Waals surface area contributed by atoms with Crippen molar-refractivity contribution < 1.29 is 0 Å². The summed E-state index contributed by atoms with van der Waals surface area (Å²) in [7, 11) is 0. The van der Waals surface area contributed by atoms with Crippen molar-refractivity contribution in [2.45, 2.75) is 12.5 Å². The number of hydrogen-bond acceptors (Lipinski definition) is 1. The van der Waals surface area contributed by atoms with Gasteiger partial charge in [-0.25, -0.2) is 0 Å². The third-order valence-corrected chi connectivity index (χ3v) is 2.51. The molecule has 3 heteroatoms. The zero-order valence-electron chi connectivity index (χ0n) is 7.13. The van der Waals surface area contributed by atoms with Crippen LogP contribution < -0.4 is 5.73 Å². The highest BCUT2D eigenvalue weighted by molar-refractivity contribution is 6.36. The van der Waals surface area contributed by atoms with E-state index in [0.29, 0.717) is 16.5 Å². The van der Waals surface area contributed by atoms with Gasteiger partial charge >= 0.3 is 0 Å². The lowest BCUT2D eigenvalue weighted by Crippen LogP contribution is -2.19. The summed E-state index contributed by atoms with van der Waals surface area (Å²) >= 11 is 11.9. The molecule has 0 fully saturated rings. The smallest absolute Gasteiger partial charge is 0.0453 e. The molecule has 2 N–H and O–H groups in total. The second-order valence-corrected chi connectivity index (χ2v) is 3.62. The molecule has 1 aromatic rings. The van der Waals surface area contributed by atoms with Gasteiger partial charge in [0.15, 0.2) is 0 Å². The molecule has 1 rings (SSSR count). The fraction of sp³-hybridized carbons (Fsp3) is 0.200. The van der Waals surface area contributed by atoms with Gasteiger partial charge in [-0.05, 0) is 24.1 Å². The van der Waals surface area contributed by atoms with Gasteiger partial charge < -0.3 is 5.73 Å². The maximum Gasteiger partial charge on any atom is 0.0453 e. The Morgan fingerprint density at radius 1 is 1.38 bits per heavy atom. The van der Waals surface area contributed by atoms with E-state index in [1.54, 1.807) is 18.2 Å². The molecule has 0 heterocycles. The van der Waals surface area contributed by atoms with E-state index in [9.17, 15) is 0 Å². The lowest BCUT2D eigenvalue weighted by Gasteiger charge is -2.09. The van der Waals surface area contributed by atoms with Crippen molar-refractivity contribution in [3.63, 3.8) is 0 Å². The third kappa shape index (κ3) is 2.73. The first-order valence-corrected chi connectivity index (χ1v) is 4.71. The highest BCUT2D eigenvalue weighted by Gasteiger charge is 2.07. The second kappa shape index (κ2) is 4.66. The molecule has 0 aliphatic heterocycles. The van der Waals surface area contributed by atoms with Gasteiger partial charge in [0.05, 0.1) is 0 Å². The number of benzene rings is 1. The van der Waals surface area contributed by atoms with Crippen LogP contribution in [0.15, 0.2) is 30.9 Å².